The van der Waals surface area contributed by atoms with Crippen LogP contribution in [0.3, 0.4) is 0 Å². The topological polar surface area (TPSA) is 43.1 Å². The van der Waals surface area contributed by atoms with Gasteiger partial charge in [-0.3, -0.25) is 4.79 Å². The van der Waals surface area contributed by atoms with Crippen molar-refractivity contribution >= 4 is 17.1 Å². The number of rotatable bonds is 2. The number of benzene rings is 2. The van der Waals surface area contributed by atoms with Crippen molar-refractivity contribution in [3.63, 3.8) is 0 Å². The molecule has 3 aromatic rings. The van der Waals surface area contributed by atoms with E-state index in [1.165, 1.54) is 5.39 Å². The zero-order valence-corrected chi connectivity index (χ0v) is 8.96. The Bertz CT molecular complexity index is 685. The van der Waals surface area contributed by atoms with Crippen molar-refractivity contribution in [2.75, 3.05) is 0 Å². The summed E-state index contributed by atoms with van der Waals surface area (Å²) in [6.45, 7) is 0. The molecule has 0 unspecified atom stereocenters. The second kappa shape index (κ2) is 3.87. The number of hydrogen-bond acceptors (Lipinski definition) is 3. The molecule has 3 nitrogen and oxygen atoms in total. The third kappa shape index (κ3) is 1.72. The number of aromatic nitrogens is 1. The van der Waals surface area contributed by atoms with E-state index in [-0.39, 0.29) is 5.89 Å². The van der Waals surface area contributed by atoms with Gasteiger partial charge in [0, 0.05) is 5.56 Å². The SMILES string of the molecule is O=Cc1ncc(-c2ccc3ccccc3c2)o1. The monoisotopic (exact) mass is 223 g/mol. The molecule has 0 spiro atoms. The maximum Gasteiger partial charge on any atom is 0.260 e. The standard InChI is InChI=1S/C14H9NO2/c16-9-14-15-8-13(17-14)12-6-5-10-3-1-2-4-11(10)7-12/h1-9H. The van der Waals surface area contributed by atoms with Gasteiger partial charge in [0.2, 0.25) is 6.29 Å². The van der Waals surface area contributed by atoms with Gasteiger partial charge < -0.3 is 4.42 Å². The Kier molecular flexibility index (Phi) is 2.22. The van der Waals surface area contributed by atoms with Gasteiger partial charge in [0.05, 0.1) is 6.20 Å². The van der Waals surface area contributed by atoms with Crippen molar-refractivity contribution in [1.29, 1.82) is 0 Å². The number of carbonyl (C=O) groups excluding carboxylic acids is 1. The number of oxazole rings is 1. The van der Waals surface area contributed by atoms with Gasteiger partial charge in [-0.05, 0) is 16.8 Å². The van der Waals surface area contributed by atoms with Crippen LogP contribution in [0.5, 0.6) is 0 Å². The second-order valence-corrected chi connectivity index (χ2v) is 3.74. The molecule has 0 aliphatic rings. The lowest BCUT2D eigenvalue weighted by Crippen LogP contribution is -1.76. The van der Waals surface area contributed by atoms with Crippen LogP contribution in [-0.2, 0) is 0 Å². The van der Waals surface area contributed by atoms with E-state index in [2.05, 4.69) is 11.1 Å². The summed E-state index contributed by atoms with van der Waals surface area (Å²) in [5.74, 6) is 0.714. The van der Waals surface area contributed by atoms with Crippen molar-refractivity contribution in [3.05, 3.63) is 54.6 Å². The molecule has 0 aliphatic heterocycles. The lowest BCUT2D eigenvalue weighted by molar-refractivity contribution is 0.109. The Hall–Kier alpha value is -2.42. The fourth-order valence-corrected chi connectivity index (χ4v) is 1.82. The average molecular weight is 223 g/mol. The van der Waals surface area contributed by atoms with Crippen LogP contribution in [0.15, 0.2) is 53.1 Å². The van der Waals surface area contributed by atoms with Gasteiger partial charge >= 0.3 is 0 Å². The van der Waals surface area contributed by atoms with Crippen LogP contribution in [0, 0.1) is 0 Å². The molecule has 0 amide bonds. The molecule has 0 saturated heterocycles. The molecule has 1 heterocycles. The van der Waals surface area contributed by atoms with Crippen LogP contribution in [0.1, 0.15) is 10.7 Å². The zero-order valence-electron chi connectivity index (χ0n) is 8.96. The third-order valence-electron chi connectivity index (χ3n) is 2.66. The van der Waals surface area contributed by atoms with Gasteiger partial charge in [-0.15, -0.1) is 0 Å². The summed E-state index contributed by atoms with van der Waals surface area (Å²) in [5.41, 5.74) is 0.921. The first-order chi connectivity index (χ1) is 8.36. The molecule has 0 aliphatic carbocycles. The van der Waals surface area contributed by atoms with E-state index < -0.39 is 0 Å². The Morgan fingerprint density at radius 2 is 1.88 bits per heavy atom. The summed E-state index contributed by atoms with van der Waals surface area (Å²) in [6, 6.07) is 14.1. The Balaban J connectivity index is 2.14. The van der Waals surface area contributed by atoms with E-state index in [1.807, 2.05) is 36.4 Å². The van der Waals surface area contributed by atoms with E-state index in [9.17, 15) is 4.79 Å². The maximum absolute atomic E-state index is 10.5. The lowest BCUT2D eigenvalue weighted by Gasteiger charge is -2.00. The molecular weight excluding hydrogens is 214 g/mol. The van der Waals surface area contributed by atoms with Crippen molar-refractivity contribution in [2.45, 2.75) is 0 Å². The van der Waals surface area contributed by atoms with E-state index >= 15 is 0 Å². The van der Waals surface area contributed by atoms with Gasteiger partial charge in [0.1, 0.15) is 0 Å². The second-order valence-electron chi connectivity index (χ2n) is 3.74. The smallest absolute Gasteiger partial charge is 0.260 e. The van der Waals surface area contributed by atoms with Crippen molar-refractivity contribution in [1.82, 2.24) is 4.98 Å². The molecule has 17 heavy (non-hydrogen) atoms. The summed E-state index contributed by atoms with van der Waals surface area (Å²) in [6.07, 6.45) is 2.17. The maximum atomic E-state index is 10.5. The highest BCUT2D eigenvalue weighted by molar-refractivity contribution is 5.86. The molecule has 82 valence electrons. The van der Waals surface area contributed by atoms with Gasteiger partial charge in [0.25, 0.3) is 5.89 Å². The van der Waals surface area contributed by atoms with E-state index in [0.717, 1.165) is 10.9 Å². The molecule has 0 fully saturated rings. The number of nitrogens with zero attached hydrogens (tertiary/aromatic N) is 1. The molecule has 2 aromatic carbocycles. The number of carbonyl (C=O) groups is 1. The predicted octanol–water partition coefficient (Wildman–Crippen LogP) is 3.31. The van der Waals surface area contributed by atoms with Crippen molar-refractivity contribution < 1.29 is 9.21 Å². The average Bonchev–Trinajstić information content (AvgIpc) is 2.87. The predicted molar refractivity (Wildman–Crippen MR) is 64.8 cm³/mol. The van der Waals surface area contributed by atoms with Gasteiger partial charge in [-0.1, -0.05) is 36.4 Å². The fourth-order valence-electron chi connectivity index (χ4n) is 1.82. The highest BCUT2D eigenvalue weighted by Crippen LogP contribution is 2.24. The highest BCUT2D eigenvalue weighted by atomic mass is 16.4. The molecule has 0 N–H and O–H groups in total. The normalized spacial score (nSPS) is 10.6. The molecule has 0 atom stereocenters. The number of fused-ring (bicyclic) bond motifs is 1. The number of hydrogen-bond donors (Lipinski definition) is 0. The van der Waals surface area contributed by atoms with Crippen LogP contribution in [0.25, 0.3) is 22.1 Å². The van der Waals surface area contributed by atoms with Crippen molar-refractivity contribution in [2.24, 2.45) is 0 Å². The lowest BCUT2D eigenvalue weighted by atomic mass is 10.1. The van der Waals surface area contributed by atoms with Gasteiger partial charge in [0.15, 0.2) is 5.76 Å². The minimum Gasteiger partial charge on any atom is -0.434 e. The first-order valence-electron chi connectivity index (χ1n) is 5.27. The van der Waals surface area contributed by atoms with E-state index in [4.69, 9.17) is 4.42 Å². The van der Waals surface area contributed by atoms with Crippen molar-refractivity contribution in [3.8, 4) is 11.3 Å². The largest absolute Gasteiger partial charge is 0.434 e. The molecule has 0 radical (unpaired) electrons. The van der Waals surface area contributed by atoms with Crippen LogP contribution < -0.4 is 0 Å². The molecular formula is C14H9NO2. The quantitative estimate of drug-likeness (QED) is 0.626. The molecule has 1 aromatic heterocycles. The first-order valence-corrected chi connectivity index (χ1v) is 5.27. The molecule has 3 heteroatoms. The summed E-state index contributed by atoms with van der Waals surface area (Å²) in [5, 5.41) is 2.31. The molecule has 0 bridgehead atoms. The number of aldehydes is 1. The molecule has 0 saturated carbocycles. The van der Waals surface area contributed by atoms with Crippen LogP contribution in [0.2, 0.25) is 0 Å². The molecule has 3 rings (SSSR count). The summed E-state index contributed by atoms with van der Waals surface area (Å²) >= 11 is 0. The fraction of sp³-hybridized carbons (Fsp3) is 0. The van der Waals surface area contributed by atoms with Gasteiger partial charge in [-0.2, -0.15) is 0 Å². The minimum atomic E-state index is 0.105. The van der Waals surface area contributed by atoms with Crippen LogP contribution in [-0.4, -0.2) is 11.3 Å². The van der Waals surface area contributed by atoms with E-state index in [0.29, 0.717) is 12.0 Å². The third-order valence-corrected chi connectivity index (χ3v) is 2.66. The van der Waals surface area contributed by atoms with Crippen LogP contribution >= 0.6 is 0 Å². The van der Waals surface area contributed by atoms with E-state index in [1.54, 1.807) is 6.20 Å². The Labute approximate surface area is 97.7 Å². The Morgan fingerprint density at radius 3 is 2.65 bits per heavy atom. The first kappa shape index (κ1) is 9.78. The zero-order chi connectivity index (χ0) is 11.7. The minimum absolute atomic E-state index is 0.105. The highest BCUT2D eigenvalue weighted by Gasteiger charge is 2.05. The van der Waals surface area contributed by atoms with Gasteiger partial charge in [-0.25, -0.2) is 4.98 Å². The van der Waals surface area contributed by atoms with Crippen LogP contribution in [0.4, 0.5) is 0 Å². The Morgan fingerprint density at radius 1 is 1.06 bits per heavy atom. The summed E-state index contributed by atoms with van der Waals surface area (Å²) in [7, 11) is 0. The summed E-state index contributed by atoms with van der Waals surface area (Å²) in [4.78, 5) is 14.4. The summed E-state index contributed by atoms with van der Waals surface area (Å²) < 4.78 is 5.29.